The Hall–Kier alpha value is -2.69. The first-order valence-corrected chi connectivity index (χ1v) is 9.13. The van der Waals surface area contributed by atoms with Gasteiger partial charge in [0.25, 0.3) is 0 Å². The van der Waals surface area contributed by atoms with E-state index in [0.717, 1.165) is 29.6 Å². The number of nitrogens with one attached hydrogen (secondary N) is 1. The Balaban J connectivity index is 1.83. The van der Waals surface area contributed by atoms with E-state index < -0.39 is 0 Å². The van der Waals surface area contributed by atoms with Crippen LogP contribution in [0.1, 0.15) is 39.3 Å². The molecule has 0 bridgehead atoms. The van der Waals surface area contributed by atoms with Gasteiger partial charge in [-0.3, -0.25) is 15.1 Å². The molecular weight excluding hydrogens is 324 g/mol. The molecule has 136 valence electrons. The second kappa shape index (κ2) is 7.68. The standard InChI is InChI=1S/C21H26N4O/c1-4-21(2,3)15-19(26)24-20-23-17-10-5-6-11-18(17)25(20)14-12-16-9-7-8-13-22-16/h5-11,13H,4,12,14-15H2,1-3H3,(H,23,24,26). The average Bonchev–Trinajstić information content (AvgIpc) is 2.97. The highest BCUT2D eigenvalue weighted by atomic mass is 16.1. The summed E-state index contributed by atoms with van der Waals surface area (Å²) in [5.74, 6) is 0.616. The molecule has 1 aromatic carbocycles. The van der Waals surface area contributed by atoms with Crippen LogP contribution in [0.3, 0.4) is 0 Å². The van der Waals surface area contributed by atoms with Gasteiger partial charge in [0.15, 0.2) is 0 Å². The molecule has 1 N–H and O–H groups in total. The highest BCUT2D eigenvalue weighted by Crippen LogP contribution is 2.26. The molecule has 0 atom stereocenters. The van der Waals surface area contributed by atoms with Gasteiger partial charge in [-0.15, -0.1) is 0 Å². The van der Waals surface area contributed by atoms with Crippen molar-refractivity contribution in [3.05, 3.63) is 54.4 Å². The maximum absolute atomic E-state index is 12.5. The van der Waals surface area contributed by atoms with Gasteiger partial charge in [-0.05, 0) is 29.7 Å². The highest BCUT2D eigenvalue weighted by Gasteiger charge is 2.21. The van der Waals surface area contributed by atoms with E-state index in [4.69, 9.17) is 0 Å². The van der Waals surface area contributed by atoms with Crippen molar-refractivity contribution in [3.8, 4) is 0 Å². The predicted molar refractivity (Wildman–Crippen MR) is 105 cm³/mol. The maximum atomic E-state index is 12.5. The van der Waals surface area contributed by atoms with Gasteiger partial charge in [0, 0.05) is 31.3 Å². The summed E-state index contributed by atoms with van der Waals surface area (Å²) in [5.41, 5.74) is 2.91. The summed E-state index contributed by atoms with van der Waals surface area (Å²) >= 11 is 0. The number of anilines is 1. The zero-order valence-electron chi connectivity index (χ0n) is 15.7. The van der Waals surface area contributed by atoms with Gasteiger partial charge in [0.2, 0.25) is 11.9 Å². The minimum absolute atomic E-state index is 0.00578. The fraction of sp³-hybridized carbons (Fsp3) is 0.381. The van der Waals surface area contributed by atoms with Crippen LogP contribution in [0.5, 0.6) is 0 Å². The maximum Gasteiger partial charge on any atom is 0.227 e. The van der Waals surface area contributed by atoms with Crippen molar-refractivity contribution < 1.29 is 4.79 Å². The fourth-order valence-corrected chi connectivity index (χ4v) is 2.90. The number of fused-ring (bicyclic) bond motifs is 1. The van der Waals surface area contributed by atoms with Crippen molar-refractivity contribution in [2.45, 2.75) is 46.6 Å². The first-order valence-electron chi connectivity index (χ1n) is 9.13. The molecular formula is C21H26N4O. The summed E-state index contributed by atoms with van der Waals surface area (Å²) in [7, 11) is 0. The van der Waals surface area contributed by atoms with Crippen molar-refractivity contribution in [3.63, 3.8) is 0 Å². The van der Waals surface area contributed by atoms with Crippen LogP contribution in [-0.2, 0) is 17.8 Å². The molecule has 3 aromatic rings. The summed E-state index contributed by atoms with van der Waals surface area (Å²) < 4.78 is 2.07. The number of carbonyl (C=O) groups is 1. The molecule has 0 unspecified atom stereocenters. The molecule has 3 rings (SSSR count). The van der Waals surface area contributed by atoms with Crippen LogP contribution in [0, 0.1) is 5.41 Å². The minimum Gasteiger partial charge on any atom is -0.310 e. The Morgan fingerprint density at radius 1 is 1.15 bits per heavy atom. The van der Waals surface area contributed by atoms with E-state index in [9.17, 15) is 4.79 Å². The van der Waals surface area contributed by atoms with E-state index >= 15 is 0 Å². The van der Waals surface area contributed by atoms with E-state index in [-0.39, 0.29) is 11.3 Å². The van der Waals surface area contributed by atoms with Gasteiger partial charge in [-0.25, -0.2) is 4.98 Å². The molecule has 1 amide bonds. The lowest BCUT2D eigenvalue weighted by molar-refractivity contribution is -0.118. The van der Waals surface area contributed by atoms with Crippen LogP contribution < -0.4 is 5.32 Å². The quantitative estimate of drug-likeness (QED) is 0.685. The number of para-hydroxylation sites is 2. The molecule has 26 heavy (non-hydrogen) atoms. The van der Waals surface area contributed by atoms with Gasteiger partial charge in [0.1, 0.15) is 0 Å². The number of nitrogens with zero attached hydrogens (tertiary/aromatic N) is 3. The molecule has 2 aromatic heterocycles. The second-order valence-corrected chi connectivity index (χ2v) is 7.39. The third-order valence-corrected chi connectivity index (χ3v) is 4.82. The zero-order chi connectivity index (χ0) is 18.6. The molecule has 0 saturated heterocycles. The molecule has 0 aliphatic heterocycles. The van der Waals surface area contributed by atoms with Gasteiger partial charge in [-0.1, -0.05) is 45.4 Å². The van der Waals surface area contributed by atoms with Crippen LogP contribution in [0.25, 0.3) is 11.0 Å². The number of aromatic nitrogens is 3. The summed E-state index contributed by atoms with van der Waals surface area (Å²) in [6.07, 6.45) is 4.02. The summed E-state index contributed by atoms with van der Waals surface area (Å²) in [5, 5.41) is 3.02. The van der Waals surface area contributed by atoms with Crippen LogP contribution in [0.2, 0.25) is 0 Å². The Morgan fingerprint density at radius 2 is 1.92 bits per heavy atom. The number of hydrogen-bond acceptors (Lipinski definition) is 3. The number of rotatable bonds is 7. The predicted octanol–water partition coefficient (Wildman–Crippen LogP) is 4.44. The molecule has 5 nitrogen and oxygen atoms in total. The Labute approximate surface area is 154 Å². The second-order valence-electron chi connectivity index (χ2n) is 7.39. The average molecular weight is 350 g/mol. The number of hydrogen-bond donors (Lipinski definition) is 1. The Morgan fingerprint density at radius 3 is 2.65 bits per heavy atom. The lowest BCUT2D eigenvalue weighted by Gasteiger charge is -2.21. The van der Waals surface area contributed by atoms with Crippen LogP contribution in [0.15, 0.2) is 48.7 Å². The number of benzene rings is 1. The monoisotopic (exact) mass is 350 g/mol. The first-order chi connectivity index (χ1) is 12.5. The van der Waals surface area contributed by atoms with E-state index in [1.54, 1.807) is 6.20 Å². The molecule has 0 spiro atoms. The molecule has 0 fully saturated rings. The summed E-state index contributed by atoms with van der Waals surface area (Å²) in [4.78, 5) is 21.5. The van der Waals surface area contributed by atoms with Crippen LogP contribution in [-0.4, -0.2) is 20.4 Å². The number of pyridine rings is 1. The summed E-state index contributed by atoms with van der Waals surface area (Å²) in [6.45, 7) is 7.03. The smallest absolute Gasteiger partial charge is 0.227 e. The lowest BCUT2D eigenvalue weighted by atomic mass is 9.86. The van der Waals surface area contributed by atoms with Crippen molar-refractivity contribution in [1.29, 1.82) is 0 Å². The molecule has 2 heterocycles. The third-order valence-electron chi connectivity index (χ3n) is 4.82. The Kier molecular flexibility index (Phi) is 5.35. The van der Waals surface area contributed by atoms with Gasteiger partial charge in [-0.2, -0.15) is 0 Å². The summed E-state index contributed by atoms with van der Waals surface area (Å²) in [6, 6.07) is 13.9. The highest BCUT2D eigenvalue weighted by molar-refractivity contribution is 5.91. The molecule has 0 aliphatic rings. The van der Waals surface area contributed by atoms with Crippen LogP contribution in [0.4, 0.5) is 5.95 Å². The lowest BCUT2D eigenvalue weighted by Crippen LogP contribution is -2.23. The first kappa shape index (κ1) is 18.1. The topological polar surface area (TPSA) is 59.8 Å². The fourth-order valence-electron chi connectivity index (χ4n) is 2.90. The number of imidazole rings is 1. The molecule has 0 radical (unpaired) electrons. The zero-order valence-corrected chi connectivity index (χ0v) is 15.7. The van der Waals surface area contributed by atoms with Crippen LogP contribution >= 0.6 is 0 Å². The number of aryl methyl sites for hydroxylation is 2. The van der Waals surface area contributed by atoms with Crippen molar-refractivity contribution in [1.82, 2.24) is 14.5 Å². The van der Waals surface area contributed by atoms with E-state index in [0.29, 0.717) is 18.9 Å². The Bertz CT molecular complexity index is 883. The van der Waals surface area contributed by atoms with Gasteiger partial charge >= 0.3 is 0 Å². The van der Waals surface area contributed by atoms with E-state index in [2.05, 4.69) is 40.6 Å². The van der Waals surface area contributed by atoms with E-state index in [1.165, 1.54) is 0 Å². The third kappa shape index (κ3) is 4.28. The largest absolute Gasteiger partial charge is 0.310 e. The minimum atomic E-state index is -0.0190. The normalized spacial score (nSPS) is 11.7. The van der Waals surface area contributed by atoms with E-state index in [1.807, 2.05) is 42.5 Å². The van der Waals surface area contributed by atoms with Crippen molar-refractivity contribution in [2.24, 2.45) is 5.41 Å². The molecule has 0 aliphatic carbocycles. The number of carbonyl (C=O) groups excluding carboxylic acids is 1. The number of amides is 1. The van der Waals surface area contributed by atoms with Crippen molar-refractivity contribution >= 4 is 22.9 Å². The molecule has 0 saturated carbocycles. The SMILES string of the molecule is CCC(C)(C)CC(=O)Nc1nc2ccccc2n1CCc1ccccn1. The molecule has 5 heteroatoms. The van der Waals surface area contributed by atoms with Gasteiger partial charge in [0.05, 0.1) is 11.0 Å². The van der Waals surface area contributed by atoms with Gasteiger partial charge < -0.3 is 4.57 Å². The van der Waals surface area contributed by atoms with Crippen molar-refractivity contribution in [2.75, 3.05) is 5.32 Å².